The average molecular weight is 372 g/mol. The van der Waals surface area contributed by atoms with Gasteiger partial charge in [0.25, 0.3) is 11.6 Å². The minimum absolute atomic E-state index is 0.117. The van der Waals surface area contributed by atoms with Crippen LogP contribution in [0.15, 0.2) is 36.4 Å². The summed E-state index contributed by atoms with van der Waals surface area (Å²) in [7, 11) is 1.38. The molecule has 0 aliphatic carbocycles. The van der Waals surface area contributed by atoms with E-state index in [0.29, 0.717) is 5.56 Å². The number of nitro benzene ring substituents is 1. The average Bonchev–Trinajstić information content (AvgIpc) is 2.60. The molecule has 1 N–H and O–H groups in total. The van der Waals surface area contributed by atoms with Gasteiger partial charge in [-0.2, -0.15) is 0 Å². The van der Waals surface area contributed by atoms with Gasteiger partial charge in [0.15, 0.2) is 6.10 Å². The molecule has 0 saturated heterocycles. The first-order chi connectivity index (χ1) is 12.7. The van der Waals surface area contributed by atoms with Crippen LogP contribution >= 0.6 is 0 Å². The second kappa shape index (κ2) is 8.31. The summed E-state index contributed by atoms with van der Waals surface area (Å²) in [6, 6.07) is 9.07. The fourth-order valence-electron chi connectivity index (χ4n) is 2.52. The Morgan fingerprint density at radius 3 is 2.30 bits per heavy atom. The number of esters is 1. The molecule has 0 aromatic heterocycles. The van der Waals surface area contributed by atoms with Gasteiger partial charge in [0.05, 0.1) is 23.3 Å². The fraction of sp³-hybridized carbons (Fsp3) is 0.263. The Hall–Kier alpha value is -3.42. The Bertz CT molecular complexity index is 874. The van der Waals surface area contributed by atoms with Gasteiger partial charge in [-0.3, -0.25) is 14.9 Å². The fourth-order valence-corrected chi connectivity index (χ4v) is 2.52. The van der Waals surface area contributed by atoms with Crippen LogP contribution in [0.2, 0.25) is 0 Å². The number of amides is 1. The maximum atomic E-state index is 12.3. The van der Waals surface area contributed by atoms with Crippen molar-refractivity contribution in [2.24, 2.45) is 0 Å². The number of hydrogen-bond acceptors (Lipinski definition) is 6. The van der Waals surface area contributed by atoms with Gasteiger partial charge < -0.3 is 14.8 Å². The molecule has 0 fully saturated rings. The number of ether oxygens (including phenoxy) is 2. The molecule has 0 aliphatic heterocycles. The van der Waals surface area contributed by atoms with Crippen LogP contribution in [0.25, 0.3) is 0 Å². The highest BCUT2D eigenvalue weighted by Gasteiger charge is 2.21. The zero-order chi connectivity index (χ0) is 20.1. The molecule has 0 radical (unpaired) electrons. The molecule has 2 rings (SSSR count). The summed E-state index contributed by atoms with van der Waals surface area (Å²) >= 11 is 0. The van der Waals surface area contributed by atoms with E-state index in [1.54, 1.807) is 12.1 Å². The first-order valence-electron chi connectivity index (χ1n) is 8.14. The summed E-state index contributed by atoms with van der Waals surface area (Å²) in [4.78, 5) is 34.9. The maximum absolute atomic E-state index is 12.3. The van der Waals surface area contributed by atoms with Gasteiger partial charge in [-0.1, -0.05) is 17.2 Å². The van der Waals surface area contributed by atoms with Gasteiger partial charge in [0.2, 0.25) is 0 Å². The summed E-state index contributed by atoms with van der Waals surface area (Å²) < 4.78 is 10.3. The Labute approximate surface area is 156 Å². The Kier molecular flexibility index (Phi) is 6.12. The summed E-state index contributed by atoms with van der Waals surface area (Å²) in [5.74, 6) is -1.01. The second-order valence-corrected chi connectivity index (χ2v) is 6.05. The molecular weight excluding hydrogens is 352 g/mol. The number of anilines is 1. The Morgan fingerprint density at radius 2 is 1.74 bits per heavy atom. The van der Waals surface area contributed by atoms with Crippen LogP contribution in [-0.2, 0) is 9.53 Å². The monoisotopic (exact) mass is 372 g/mol. The van der Waals surface area contributed by atoms with Crippen molar-refractivity contribution in [1.82, 2.24) is 0 Å². The van der Waals surface area contributed by atoms with E-state index in [0.717, 1.165) is 11.1 Å². The van der Waals surface area contributed by atoms with E-state index in [4.69, 9.17) is 9.47 Å². The van der Waals surface area contributed by atoms with E-state index in [1.807, 2.05) is 19.9 Å². The molecule has 0 heterocycles. The lowest BCUT2D eigenvalue weighted by molar-refractivity contribution is -0.384. The van der Waals surface area contributed by atoms with Crippen molar-refractivity contribution >= 4 is 23.3 Å². The zero-order valence-electron chi connectivity index (χ0n) is 15.4. The number of hydrogen-bond donors (Lipinski definition) is 1. The zero-order valence-corrected chi connectivity index (χ0v) is 15.4. The number of carbonyl (C=O) groups excluding carboxylic acids is 2. The van der Waals surface area contributed by atoms with Crippen LogP contribution in [-0.4, -0.2) is 30.0 Å². The molecule has 0 bridgehead atoms. The van der Waals surface area contributed by atoms with Crippen LogP contribution in [0.4, 0.5) is 11.4 Å². The van der Waals surface area contributed by atoms with E-state index >= 15 is 0 Å². The van der Waals surface area contributed by atoms with Crippen LogP contribution in [0.5, 0.6) is 5.75 Å². The summed E-state index contributed by atoms with van der Waals surface area (Å²) in [5, 5.41) is 13.4. The third kappa shape index (κ3) is 5.04. The third-order valence-electron chi connectivity index (χ3n) is 3.76. The van der Waals surface area contributed by atoms with Crippen molar-refractivity contribution in [2.45, 2.75) is 26.9 Å². The predicted molar refractivity (Wildman–Crippen MR) is 99.1 cm³/mol. The van der Waals surface area contributed by atoms with E-state index < -0.39 is 22.9 Å². The number of nitrogens with one attached hydrogen (secondary N) is 1. The lowest BCUT2D eigenvalue weighted by Crippen LogP contribution is -2.30. The quantitative estimate of drug-likeness (QED) is 0.473. The van der Waals surface area contributed by atoms with Gasteiger partial charge in [-0.25, -0.2) is 4.79 Å². The molecule has 0 saturated carbocycles. The first kappa shape index (κ1) is 19.9. The topological polar surface area (TPSA) is 108 Å². The van der Waals surface area contributed by atoms with Crippen LogP contribution in [0.3, 0.4) is 0 Å². The molecule has 1 amide bonds. The Morgan fingerprint density at radius 1 is 1.11 bits per heavy atom. The van der Waals surface area contributed by atoms with E-state index in [-0.39, 0.29) is 17.1 Å². The lowest BCUT2D eigenvalue weighted by atomic mass is 10.1. The lowest BCUT2D eigenvalue weighted by Gasteiger charge is -2.15. The van der Waals surface area contributed by atoms with Crippen molar-refractivity contribution in [3.8, 4) is 5.75 Å². The molecular formula is C19H20N2O6. The number of nitro groups is 1. The van der Waals surface area contributed by atoms with Crippen molar-refractivity contribution in [3.63, 3.8) is 0 Å². The minimum atomic E-state index is -1.11. The molecule has 0 aliphatic rings. The molecule has 142 valence electrons. The highest BCUT2D eigenvalue weighted by Crippen LogP contribution is 2.29. The van der Waals surface area contributed by atoms with Gasteiger partial charge in [0, 0.05) is 12.1 Å². The summed E-state index contributed by atoms with van der Waals surface area (Å²) in [5.41, 5.74) is 2.07. The molecule has 0 spiro atoms. The number of non-ortho nitro benzene ring substituents is 1. The van der Waals surface area contributed by atoms with Crippen molar-refractivity contribution in [3.05, 3.63) is 63.2 Å². The standard InChI is InChI=1S/C19H20N2O6/c1-11-7-12(2)9-14(8-11)19(23)27-13(3)18(22)20-16-10-15(21(24)25)5-6-17(16)26-4/h5-10,13H,1-4H3,(H,20,22)/t13-/m0/s1. The summed E-state index contributed by atoms with van der Waals surface area (Å²) in [6.07, 6.45) is -1.11. The van der Waals surface area contributed by atoms with Crippen LogP contribution in [0, 0.1) is 24.0 Å². The molecule has 2 aromatic rings. The van der Waals surface area contributed by atoms with Crippen LogP contribution < -0.4 is 10.1 Å². The SMILES string of the molecule is COc1ccc([N+](=O)[O-])cc1NC(=O)[C@H](C)OC(=O)c1cc(C)cc(C)c1. The normalized spacial score (nSPS) is 11.4. The molecule has 27 heavy (non-hydrogen) atoms. The Balaban J connectivity index is 2.12. The number of methoxy groups -OCH3 is 1. The van der Waals surface area contributed by atoms with Crippen molar-refractivity contribution in [2.75, 3.05) is 12.4 Å². The highest BCUT2D eigenvalue weighted by atomic mass is 16.6. The van der Waals surface area contributed by atoms with Crippen molar-refractivity contribution in [1.29, 1.82) is 0 Å². The maximum Gasteiger partial charge on any atom is 0.338 e. The molecule has 0 unspecified atom stereocenters. The molecule has 2 aromatic carbocycles. The number of carbonyl (C=O) groups is 2. The van der Waals surface area contributed by atoms with E-state index in [9.17, 15) is 19.7 Å². The largest absolute Gasteiger partial charge is 0.495 e. The third-order valence-corrected chi connectivity index (χ3v) is 3.76. The summed E-state index contributed by atoms with van der Waals surface area (Å²) in [6.45, 7) is 5.13. The molecule has 8 nitrogen and oxygen atoms in total. The minimum Gasteiger partial charge on any atom is -0.495 e. The van der Waals surface area contributed by atoms with Gasteiger partial charge in [0.1, 0.15) is 5.75 Å². The molecule has 8 heteroatoms. The second-order valence-electron chi connectivity index (χ2n) is 6.05. The van der Waals surface area contributed by atoms with Gasteiger partial charge in [-0.05, 0) is 39.0 Å². The van der Waals surface area contributed by atoms with Crippen LogP contribution in [0.1, 0.15) is 28.4 Å². The first-order valence-corrected chi connectivity index (χ1v) is 8.14. The predicted octanol–water partition coefficient (Wildman–Crippen LogP) is 3.40. The van der Waals surface area contributed by atoms with Gasteiger partial charge >= 0.3 is 5.97 Å². The van der Waals surface area contributed by atoms with E-state index in [2.05, 4.69) is 5.32 Å². The number of nitrogens with zero attached hydrogens (tertiary/aromatic N) is 1. The molecule has 1 atom stereocenters. The smallest absolute Gasteiger partial charge is 0.338 e. The highest BCUT2D eigenvalue weighted by molar-refractivity contribution is 5.98. The van der Waals surface area contributed by atoms with Crippen molar-refractivity contribution < 1.29 is 24.0 Å². The van der Waals surface area contributed by atoms with Gasteiger partial charge in [-0.15, -0.1) is 0 Å². The number of rotatable bonds is 6. The number of aryl methyl sites for hydroxylation is 2. The number of benzene rings is 2. The van der Waals surface area contributed by atoms with E-state index in [1.165, 1.54) is 32.2 Å².